The van der Waals surface area contributed by atoms with E-state index in [1.54, 1.807) is 6.07 Å². The van der Waals surface area contributed by atoms with Gasteiger partial charge in [-0.3, -0.25) is 0 Å². The molecule has 0 heterocycles. The van der Waals surface area contributed by atoms with Crippen molar-refractivity contribution in [2.24, 2.45) is 0 Å². The molecule has 0 aliphatic rings. The highest BCUT2D eigenvalue weighted by Crippen LogP contribution is 2.30. The predicted molar refractivity (Wildman–Crippen MR) is 49.1 cm³/mol. The van der Waals surface area contributed by atoms with Gasteiger partial charge in [-0.2, -0.15) is 23.7 Å². The van der Waals surface area contributed by atoms with Crippen molar-refractivity contribution in [1.29, 1.82) is 10.5 Å². The number of halogens is 3. The van der Waals surface area contributed by atoms with Crippen LogP contribution in [0.2, 0.25) is 0 Å². The van der Waals surface area contributed by atoms with E-state index in [0.29, 0.717) is 12.1 Å². The van der Waals surface area contributed by atoms with Crippen LogP contribution >= 0.6 is 0 Å². The van der Waals surface area contributed by atoms with Crippen molar-refractivity contribution in [3.8, 4) is 12.1 Å². The summed E-state index contributed by atoms with van der Waals surface area (Å²) >= 11 is 0. The van der Waals surface area contributed by atoms with Crippen molar-refractivity contribution < 1.29 is 21.6 Å². The molecule has 88 valence electrons. The van der Waals surface area contributed by atoms with E-state index in [4.69, 9.17) is 10.5 Å². The van der Waals surface area contributed by atoms with Crippen molar-refractivity contribution in [3.05, 3.63) is 29.3 Å². The molecule has 0 aliphatic heterocycles. The van der Waals surface area contributed by atoms with Crippen LogP contribution in [0.3, 0.4) is 0 Å². The Hall–Kier alpha value is -2.06. The Morgan fingerprint density at radius 3 is 2.00 bits per heavy atom. The second-order valence-corrected chi connectivity index (χ2v) is 4.82. The Morgan fingerprint density at radius 1 is 1.06 bits per heavy atom. The first-order valence-corrected chi connectivity index (χ1v) is 5.48. The first-order valence-electron chi connectivity index (χ1n) is 3.99. The normalized spacial score (nSPS) is 11.6. The van der Waals surface area contributed by atoms with E-state index in [9.17, 15) is 21.6 Å². The van der Waals surface area contributed by atoms with Gasteiger partial charge in [0.15, 0.2) is 0 Å². The molecule has 0 fully saturated rings. The smallest absolute Gasteiger partial charge is 0.214 e. The maximum Gasteiger partial charge on any atom is 0.501 e. The van der Waals surface area contributed by atoms with Gasteiger partial charge in [-0.05, 0) is 18.2 Å². The van der Waals surface area contributed by atoms with E-state index >= 15 is 0 Å². The van der Waals surface area contributed by atoms with Crippen molar-refractivity contribution in [1.82, 2.24) is 0 Å². The van der Waals surface area contributed by atoms with Gasteiger partial charge in [0.1, 0.15) is 12.1 Å². The molecule has 4 nitrogen and oxygen atoms in total. The van der Waals surface area contributed by atoms with Gasteiger partial charge in [-0.25, -0.2) is 8.42 Å². The van der Waals surface area contributed by atoms with Gasteiger partial charge in [0.05, 0.1) is 16.0 Å². The fraction of sp³-hybridized carbons (Fsp3) is 0.111. The summed E-state index contributed by atoms with van der Waals surface area (Å²) in [5, 5.41) is 17.1. The molecule has 0 aromatic heterocycles. The summed E-state index contributed by atoms with van der Waals surface area (Å²) in [5.74, 6) is 0. The molecule has 0 radical (unpaired) electrons. The lowest BCUT2D eigenvalue weighted by atomic mass is 10.1. The second kappa shape index (κ2) is 4.07. The zero-order valence-corrected chi connectivity index (χ0v) is 8.80. The largest absolute Gasteiger partial charge is 0.501 e. The molecule has 8 heteroatoms. The number of nitriles is 2. The molecule has 0 saturated heterocycles. The highest BCUT2D eigenvalue weighted by Gasteiger charge is 2.47. The van der Waals surface area contributed by atoms with Crippen LogP contribution in [0.1, 0.15) is 11.1 Å². The van der Waals surface area contributed by atoms with Gasteiger partial charge in [-0.15, -0.1) is 0 Å². The lowest BCUT2D eigenvalue weighted by Crippen LogP contribution is -2.23. The zero-order chi connectivity index (χ0) is 13.3. The lowest BCUT2D eigenvalue weighted by Gasteiger charge is -2.08. The van der Waals surface area contributed by atoms with E-state index in [2.05, 4.69) is 0 Å². The number of hydrogen-bond acceptors (Lipinski definition) is 4. The molecule has 0 N–H and O–H groups in total. The highest BCUT2D eigenvalue weighted by atomic mass is 32.2. The van der Waals surface area contributed by atoms with Gasteiger partial charge < -0.3 is 0 Å². The Labute approximate surface area is 94.4 Å². The van der Waals surface area contributed by atoms with Gasteiger partial charge in [0.25, 0.3) is 9.84 Å². The molecule has 0 saturated carbocycles. The van der Waals surface area contributed by atoms with Gasteiger partial charge >= 0.3 is 5.51 Å². The fourth-order valence-electron chi connectivity index (χ4n) is 1.01. The van der Waals surface area contributed by atoms with E-state index in [1.165, 1.54) is 6.07 Å². The van der Waals surface area contributed by atoms with Crippen LogP contribution in [-0.2, 0) is 9.84 Å². The van der Waals surface area contributed by atoms with E-state index < -0.39 is 25.8 Å². The maximum absolute atomic E-state index is 12.2. The zero-order valence-electron chi connectivity index (χ0n) is 7.99. The number of rotatable bonds is 1. The number of sulfone groups is 1. The summed E-state index contributed by atoms with van der Waals surface area (Å²) in [7, 11) is -5.49. The molecule has 0 aliphatic carbocycles. The second-order valence-electron chi connectivity index (χ2n) is 2.88. The van der Waals surface area contributed by atoms with Crippen LogP contribution in [-0.4, -0.2) is 13.9 Å². The quantitative estimate of drug-likeness (QED) is 0.769. The lowest BCUT2D eigenvalue weighted by molar-refractivity contribution is -0.0436. The third kappa shape index (κ3) is 2.22. The molecular weight excluding hydrogens is 257 g/mol. The predicted octanol–water partition coefficient (Wildman–Crippen LogP) is 1.72. The van der Waals surface area contributed by atoms with Crippen LogP contribution in [0.5, 0.6) is 0 Å². The van der Waals surface area contributed by atoms with Crippen LogP contribution < -0.4 is 0 Å². The number of benzene rings is 1. The molecular formula is C9H3F3N2O2S. The minimum absolute atomic E-state index is 0.186. The maximum atomic E-state index is 12.2. The van der Waals surface area contributed by atoms with Crippen molar-refractivity contribution >= 4 is 9.84 Å². The fourth-order valence-corrected chi connectivity index (χ4v) is 1.80. The third-order valence-electron chi connectivity index (χ3n) is 1.85. The summed E-state index contributed by atoms with van der Waals surface area (Å²) in [6.07, 6.45) is 0. The van der Waals surface area contributed by atoms with Crippen LogP contribution in [0.25, 0.3) is 0 Å². The van der Waals surface area contributed by atoms with Gasteiger partial charge in [0.2, 0.25) is 0 Å². The molecule has 0 amide bonds. The molecule has 1 aromatic carbocycles. The van der Waals surface area contributed by atoms with E-state index in [0.717, 1.165) is 6.07 Å². The van der Waals surface area contributed by atoms with Crippen molar-refractivity contribution in [2.75, 3.05) is 0 Å². The summed E-state index contributed by atoms with van der Waals surface area (Å²) in [4.78, 5) is -1.06. The first kappa shape index (κ1) is 13.0. The van der Waals surface area contributed by atoms with Crippen LogP contribution in [0, 0.1) is 22.7 Å². The number of alkyl halides is 3. The van der Waals surface area contributed by atoms with Crippen LogP contribution in [0.15, 0.2) is 23.1 Å². The number of nitrogens with zero attached hydrogens (tertiary/aromatic N) is 2. The summed E-state index contributed by atoms with van der Waals surface area (Å²) in [6.45, 7) is 0. The van der Waals surface area contributed by atoms with E-state index in [1.807, 2.05) is 0 Å². The van der Waals surface area contributed by atoms with Crippen LogP contribution in [0.4, 0.5) is 13.2 Å². The summed E-state index contributed by atoms with van der Waals surface area (Å²) < 4.78 is 58.6. The summed E-state index contributed by atoms with van der Waals surface area (Å²) in [5.41, 5.74) is -6.04. The van der Waals surface area contributed by atoms with Gasteiger partial charge in [0, 0.05) is 0 Å². The minimum atomic E-state index is -5.49. The third-order valence-corrected chi connectivity index (χ3v) is 3.33. The summed E-state index contributed by atoms with van der Waals surface area (Å²) in [6, 6.07) is 5.05. The SMILES string of the molecule is N#Cc1ccc(S(=O)(=O)C(F)(F)F)cc1C#N. The molecule has 0 bridgehead atoms. The Kier molecular flexibility index (Phi) is 3.12. The Morgan fingerprint density at radius 2 is 1.59 bits per heavy atom. The minimum Gasteiger partial charge on any atom is -0.214 e. The number of hydrogen-bond donors (Lipinski definition) is 0. The van der Waals surface area contributed by atoms with Crippen molar-refractivity contribution in [2.45, 2.75) is 10.4 Å². The average molecular weight is 260 g/mol. The monoisotopic (exact) mass is 260 g/mol. The molecule has 17 heavy (non-hydrogen) atoms. The average Bonchev–Trinajstić information content (AvgIpc) is 2.26. The molecule has 1 rings (SSSR count). The highest BCUT2D eigenvalue weighted by molar-refractivity contribution is 7.92. The molecule has 0 atom stereocenters. The standard InChI is InChI=1S/C9H3F3N2O2S/c10-9(11,12)17(15,16)8-2-1-6(4-13)7(3-8)5-14/h1-3H. The topological polar surface area (TPSA) is 81.7 Å². The van der Waals surface area contributed by atoms with E-state index in [-0.39, 0.29) is 5.56 Å². The Bertz CT molecular complexity index is 636. The molecule has 0 spiro atoms. The first-order chi connectivity index (χ1) is 7.74. The molecule has 0 unspecified atom stereocenters. The van der Waals surface area contributed by atoms with Crippen molar-refractivity contribution in [3.63, 3.8) is 0 Å². The molecule has 1 aromatic rings. The Balaban J connectivity index is 3.49. The van der Waals surface area contributed by atoms with Gasteiger partial charge in [-0.1, -0.05) is 0 Å².